The second-order valence-electron chi connectivity index (χ2n) is 7.64. The Morgan fingerprint density at radius 3 is 2.76 bits per heavy atom. The zero-order chi connectivity index (χ0) is 20.0. The van der Waals surface area contributed by atoms with Gasteiger partial charge in [-0.05, 0) is 31.7 Å². The highest BCUT2D eigenvalue weighted by Gasteiger charge is 2.42. The number of piperazine rings is 1. The molecule has 0 amide bonds. The third kappa shape index (κ3) is 2.99. The molecule has 148 valence electrons. The van der Waals surface area contributed by atoms with E-state index in [1.54, 1.807) is 16.9 Å². The minimum atomic E-state index is -0.0703. The smallest absolute Gasteiger partial charge is 0.138 e. The molecule has 6 rings (SSSR count). The number of hydrogen-bond donors (Lipinski definition) is 1. The highest BCUT2D eigenvalue weighted by atomic mass is 16.5. The number of nitriles is 1. The molecule has 0 aliphatic carbocycles. The van der Waals surface area contributed by atoms with Crippen molar-refractivity contribution in [2.75, 3.05) is 38.3 Å². The number of ether oxygens (including phenoxy) is 1. The first-order chi connectivity index (χ1) is 14.2. The van der Waals surface area contributed by atoms with Crippen LogP contribution in [0.5, 0.6) is 5.75 Å². The van der Waals surface area contributed by atoms with E-state index < -0.39 is 0 Å². The molecule has 0 radical (unpaired) electrons. The standard InChI is InChI=1S/C21H22N6O2/c1-25-16-6-17(25)12-26(11-16)20-3-2-14(9-23-20)19-7-18(29-5-4-28)13-27-21(19)15(8-22)10-24-27/h2-3,7,9-10,13,16-17,28H,4-6,11-12H2,1H3. The minimum Gasteiger partial charge on any atom is -0.490 e. The molecule has 0 saturated carbocycles. The molecule has 6 heterocycles. The summed E-state index contributed by atoms with van der Waals surface area (Å²) in [6.07, 6.45) is 6.39. The molecule has 2 unspecified atom stereocenters. The van der Waals surface area contributed by atoms with Gasteiger partial charge in [0, 0.05) is 42.5 Å². The first-order valence-corrected chi connectivity index (χ1v) is 9.76. The number of fused-ring (bicyclic) bond motifs is 3. The number of piperidine rings is 1. The van der Waals surface area contributed by atoms with Gasteiger partial charge in [-0.25, -0.2) is 9.50 Å². The summed E-state index contributed by atoms with van der Waals surface area (Å²) in [6.45, 7) is 2.14. The maximum atomic E-state index is 9.48. The molecule has 2 bridgehead atoms. The van der Waals surface area contributed by atoms with Gasteiger partial charge in [-0.2, -0.15) is 10.4 Å². The van der Waals surface area contributed by atoms with Crippen LogP contribution in [-0.2, 0) is 0 Å². The molecule has 3 aliphatic rings. The van der Waals surface area contributed by atoms with Crippen molar-refractivity contribution in [1.82, 2.24) is 19.5 Å². The molecular weight excluding hydrogens is 368 g/mol. The first-order valence-electron chi connectivity index (χ1n) is 9.76. The van der Waals surface area contributed by atoms with Crippen LogP contribution in [0.1, 0.15) is 12.0 Å². The van der Waals surface area contributed by atoms with E-state index in [4.69, 9.17) is 14.8 Å². The number of nitrogens with zero attached hydrogens (tertiary/aromatic N) is 6. The Balaban J connectivity index is 1.49. The molecule has 0 spiro atoms. The highest BCUT2D eigenvalue weighted by Crippen LogP contribution is 2.34. The van der Waals surface area contributed by atoms with Crippen LogP contribution in [0.2, 0.25) is 0 Å². The lowest BCUT2D eigenvalue weighted by atomic mass is 9.88. The van der Waals surface area contributed by atoms with Crippen LogP contribution in [0.3, 0.4) is 0 Å². The fraction of sp³-hybridized carbons (Fsp3) is 0.381. The van der Waals surface area contributed by atoms with E-state index in [2.05, 4.69) is 28.0 Å². The predicted molar refractivity (Wildman–Crippen MR) is 108 cm³/mol. The fourth-order valence-corrected chi connectivity index (χ4v) is 4.36. The van der Waals surface area contributed by atoms with Crippen LogP contribution >= 0.6 is 0 Å². The molecule has 3 saturated heterocycles. The lowest BCUT2D eigenvalue weighted by Gasteiger charge is -2.55. The zero-order valence-electron chi connectivity index (χ0n) is 16.2. The molecule has 3 fully saturated rings. The monoisotopic (exact) mass is 390 g/mol. The van der Waals surface area contributed by atoms with Crippen molar-refractivity contribution in [2.45, 2.75) is 18.5 Å². The molecule has 29 heavy (non-hydrogen) atoms. The average Bonchev–Trinajstić information content (AvgIpc) is 3.20. The van der Waals surface area contributed by atoms with E-state index in [1.807, 2.05) is 24.4 Å². The van der Waals surface area contributed by atoms with Gasteiger partial charge in [0.25, 0.3) is 0 Å². The third-order valence-corrected chi connectivity index (χ3v) is 6.01. The highest BCUT2D eigenvalue weighted by molar-refractivity contribution is 5.85. The summed E-state index contributed by atoms with van der Waals surface area (Å²) in [6, 6.07) is 9.40. The molecular formula is C21H22N6O2. The SMILES string of the molecule is CN1C2CC1CN(c1ccc(-c3cc(OCCO)cn4ncc(C#N)c34)cn1)C2. The van der Waals surface area contributed by atoms with Crippen molar-refractivity contribution in [3.05, 3.63) is 42.4 Å². The van der Waals surface area contributed by atoms with Gasteiger partial charge in [0.1, 0.15) is 24.2 Å². The molecule has 3 aromatic rings. The number of rotatable bonds is 5. The number of likely N-dealkylation sites (N-methyl/N-ethyl adjacent to an activating group) is 1. The van der Waals surface area contributed by atoms with Gasteiger partial charge in [-0.1, -0.05) is 0 Å². The Morgan fingerprint density at radius 2 is 2.10 bits per heavy atom. The van der Waals surface area contributed by atoms with Crippen molar-refractivity contribution < 1.29 is 9.84 Å². The van der Waals surface area contributed by atoms with Gasteiger partial charge in [0.15, 0.2) is 0 Å². The molecule has 3 aliphatic heterocycles. The molecule has 8 heteroatoms. The van der Waals surface area contributed by atoms with Crippen LogP contribution < -0.4 is 9.64 Å². The maximum Gasteiger partial charge on any atom is 0.138 e. The van der Waals surface area contributed by atoms with E-state index >= 15 is 0 Å². The number of hydrogen-bond acceptors (Lipinski definition) is 7. The van der Waals surface area contributed by atoms with Crippen LogP contribution in [0.25, 0.3) is 16.6 Å². The Kier molecular flexibility index (Phi) is 4.34. The summed E-state index contributed by atoms with van der Waals surface area (Å²) >= 11 is 0. The number of pyridine rings is 2. The minimum absolute atomic E-state index is 0.0703. The van der Waals surface area contributed by atoms with Crippen molar-refractivity contribution in [3.8, 4) is 22.9 Å². The second kappa shape index (κ2) is 7.03. The third-order valence-electron chi connectivity index (χ3n) is 6.01. The Morgan fingerprint density at radius 1 is 1.28 bits per heavy atom. The van der Waals surface area contributed by atoms with Gasteiger partial charge in [0.2, 0.25) is 0 Å². The Hall–Kier alpha value is -3.15. The molecule has 8 nitrogen and oxygen atoms in total. The first kappa shape index (κ1) is 17.9. The lowest BCUT2D eigenvalue weighted by molar-refractivity contribution is 0.0261. The topological polar surface area (TPSA) is 89.9 Å². The van der Waals surface area contributed by atoms with E-state index in [9.17, 15) is 5.26 Å². The van der Waals surface area contributed by atoms with Gasteiger partial charge in [-0.15, -0.1) is 0 Å². The van der Waals surface area contributed by atoms with E-state index in [-0.39, 0.29) is 13.2 Å². The quantitative estimate of drug-likeness (QED) is 0.707. The summed E-state index contributed by atoms with van der Waals surface area (Å²) in [5.74, 6) is 1.56. The maximum absolute atomic E-state index is 9.48. The lowest BCUT2D eigenvalue weighted by Crippen LogP contribution is -2.67. The van der Waals surface area contributed by atoms with Crippen LogP contribution in [0, 0.1) is 11.3 Å². The van der Waals surface area contributed by atoms with Crippen LogP contribution in [-0.4, -0.2) is 70.0 Å². The van der Waals surface area contributed by atoms with Crippen LogP contribution in [0.4, 0.5) is 5.82 Å². The van der Waals surface area contributed by atoms with Crippen molar-refractivity contribution in [1.29, 1.82) is 5.26 Å². The zero-order valence-corrected chi connectivity index (χ0v) is 16.2. The van der Waals surface area contributed by atoms with E-state index in [1.165, 1.54) is 6.42 Å². The van der Waals surface area contributed by atoms with Crippen LogP contribution in [0.15, 0.2) is 36.8 Å². The summed E-state index contributed by atoms with van der Waals surface area (Å²) in [5.41, 5.74) is 2.94. The fourth-order valence-electron chi connectivity index (χ4n) is 4.36. The largest absolute Gasteiger partial charge is 0.490 e. The second-order valence-corrected chi connectivity index (χ2v) is 7.64. The number of aliphatic hydroxyl groups excluding tert-OH is 1. The van der Waals surface area contributed by atoms with E-state index in [0.29, 0.717) is 23.4 Å². The summed E-state index contributed by atoms with van der Waals surface area (Å²) in [7, 11) is 2.20. The van der Waals surface area contributed by atoms with Crippen molar-refractivity contribution in [2.24, 2.45) is 0 Å². The van der Waals surface area contributed by atoms with Gasteiger partial charge >= 0.3 is 0 Å². The van der Waals surface area contributed by atoms with Crippen molar-refractivity contribution in [3.63, 3.8) is 0 Å². The number of aliphatic hydroxyl groups is 1. The molecule has 1 N–H and O–H groups in total. The normalized spacial score (nSPS) is 21.1. The summed E-state index contributed by atoms with van der Waals surface area (Å²) in [4.78, 5) is 9.50. The number of anilines is 1. The summed E-state index contributed by atoms with van der Waals surface area (Å²) < 4.78 is 7.23. The average molecular weight is 390 g/mol. The number of aromatic nitrogens is 3. The van der Waals surface area contributed by atoms with Gasteiger partial charge in [0.05, 0.1) is 30.1 Å². The Labute approximate surface area is 168 Å². The van der Waals surface area contributed by atoms with E-state index in [0.717, 1.165) is 35.6 Å². The molecule has 2 atom stereocenters. The van der Waals surface area contributed by atoms with Crippen molar-refractivity contribution >= 4 is 11.3 Å². The van der Waals surface area contributed by atoms with Gasteiger partial charge in [-0.3, -0.25) is 4.90 Å². The Bertz CT molecular complexity index is 1070. The summed E-state index contributed by atoms with van der Waals surface area (Å²) in [5, 5.41) is 22.8. The van der Waals surface area contributed by atoms with Gasteiger partial charge < -0.3 is 14.7 Å². The molecule has 3 aromatic heterocycles. The predicted octanol–water partition coefficient (Wildman–Crippen LogP) is 1.53. The molecule has 0 aromatic carbocycles.